The van der Waals surface area contributed by atoms with Crippen LogP contribution in [0.4, 0.5) is 11.4 Å². The van der Waals surface area contributed by atoms with Crippen LogP contribution < -0.4 is 10.5 Å². The zero-order valence-electron chi connectivity index (χ0n) is 7.47. The molecule has 0 amide bonds. The summed E-state index contributed by atoms with van der Waals surface area (Å²) in [5.41, 5.74) is 5.61. The van der Waals surface area contributed by atoms with Gasteiger partial charge in [-0.1, -0.05) is 6.07 Å². The summed E-state index contributed by atoms with van der Waals surface area (Å²) >= 11 is 0. The summed E-state index contributed by atoms with van der Waals surface area (Å²) in [5.74, 6) is 0.418. The SMILES string of the molecule is Nc1c(OC2CC2)cccc1[N+](=O)[O-]. The second-order valence-corrected chi connectivity index (χ2v) is 3.26. The monoisotopic (exact) mass is 194 g/mol. The third kappa shape index (κ3) is 1.61. The summed E-state index contributed by atoms with van der Waals surface area (Å²) in [6, 6.07) is 4.60. The maximum atomic E-state index is 10.5. The van der Waals surface area contributed by atoms with Crippen LogP contribution in [0.1, 0.15) is 12.8 Å². The van der Waals surface area contributed by atoms with Gasteiger partial charge in [0.05, 0.1) is 11.0 Å². The number of ether oxygens (including phenoxy) is 1. The first kappa shape index (κ1) is 8.80. The molecule has 0 spiro atoms. The molecule has 0 radical (unpaired) electrons. The smallest absolute Gasteiger partial charge is 0.295 e. The Kier molecular flexibility index (Phi) is 1.99. The maximum Gasteiger partial charge on any atom is 0.295 e. The Labute approximate surface area is 80.6 Å². The summed E-state index contributed by atoms with van der Waals surface area (Å²) in [5, 5.41) is 10.5. The van der Waals surface area contributed by atoms with E-state index in [0.29, 0.717) is 5.75 Å². The third-order valence-electron chi connectivity index (χ3n) is 2.06. The van der Waals surface area contributed by atoms with E-state index in [-0.39, 0.29) is 17.5 Å². The van der Waals surface area contributed by atoms with Gasteiger partial charge < -0.3 is 10.5 Å². The molecule has 0 heterocycles. The third-order valence-corrected chi connectivity index (χ3v) is 2.06. The van der Waals surface area contributed by atoms with Crippen molar-refractivity contribution in [3.63, 3.8) is 0 Å². The topological polar surface area (TPSA) is 78.4 Å². The van der Waals surface area contributed by atoms with Crippen LogP contribution in [0, 0.1) is 10.1 Å². The fourth-order valence-corrected chi connectivity index (χ4v) is 1.16. The molecule has 1 aliphatic carbocycles. The van der Waals surface area contributed by atoms with Gasteiger partial charge in [0.1, 0.15) is 5.75 Å². The Balaban J connectivity index is 2.30. The van der Waals surface area contributed by atoms with E-state index in [0.717, 1.165) is 12.8 Å². The van der Waals surface area contributed by atoms with Crippen LogP contribution in [0.2, 0.25) is 0 Å². The summed E-state index contributed by atoms with van der Waals surface area (Å²) in [6.45, 7) is 0. The van der Waals surface area contributed by atoms with Gasteiger partial charge in [0.25, 0.3) is 5.69 Å². The lowest BCUT2D eigenvalue weighted by Gasteiger charge is -2.06. The van der Waals surface area contributed by atoms with Crippen LogP contribution in [0.15, 0.2) is 18.2 Å². The second-order valence-electron chi connectivity index (χ2n) is 3.26. The normalized spacial score (nSPS) is 15.1. The van der Waals surface area contributed by atoms with E-state index in [1.54, 1.807) is 12.1 Å². The number of hydrogen-bond acceptors (Lipinski definition) is 4. The molecule has 1 aromatic rings. The van der Waals surface area contributed by atoms with Crippen molar-refractivity contribution in [2.45, 2.75) is 18.9 Å². The molecule has 0 aromatic heterocycles. The van der Waals surface area contributed by atoms with Crippen molar-refractivity contribution < 1.29 is 9.66 Å². The van der Waals surface area contributed by atoms with E-state index < -0.39 is 4.92 Å². The predicted molar refractivity (Wildman–Crippen MR) is 51.2 cm³/mol. The average Bonchev–Trinajstić information content (AvgIpc) is 2.92. The molecule has 14 heavy (non-hydrogen) atoms. The molecule has 2 N–H and O–H groups in total. The van der Waals surface area contributed by atoms with Gasteiger partial charge >= 0.3 is 0 Å². The van der Waals surface area contributed by atoms with E-state index in [2.05, 4.69) is 0 Å². The maximum absolute atomic E-state index is 10.5. The van der Waals surface area contributed by atoms with E-state index in [4.69, 9.17) is 10.5 Å². The fourth-order valence-electron chi connectivity index (χ4n) is 1.16. The first-order valence-corrected chi connectivity index (χ1v) is 4.38. The molecule has 0 saturated heterocycles. The zero-order valence-corrected chi connectivity index (χ0v) is 7.47. The molecule has 0 aliphatic heterocycles. The minimum Gasteiger partial charge on any atom is -0.488 e. The van der Waals surface area contributed by atoms with E-state index in [9.17, 15) is 10.1 Å². The molecule has 1 fully saturated rings. The molecule has 0 atom stereocenters. The first-order chi connectivity index (χ1) is 6.68. The molecule has 5 heteroatoms. The number of benzene rings is 1. The lowest BCUT2D eigenvalue weighted by Crippen LogP contribution is -2.02. The Morgan fingerprint density at radius 3 is 2.79 bits per heavy atom. The molecule has 2 rings (SSSR count). The van der Waals surface area contributed by atoms with E-state index in [1.165, 1.54) is 6.07 Å². The van der Waals surface area contributed by atoms with Gasteiger partial charge in [-0.05, 0) is 18.9 Å². The quantitative estimate of drug-likeness (QED) is 0.451. The van der Waals surface area contributed by atoms with Crippen molar-refractivity contribution in [1.82, 2.24) is 0 Å². The van der Waals surface area contributed by atoms with Crippen molar-refractivity contribution in [2.75, 3.05) is 5.73 Å². The average molecular weight is 194 g/mol. The highest BCUT2D eigenvalue weighted by atomic mass is 16.6. The van der Waals surface area contributed by atoms with Gasteiger partial charge in [0.15, 0.2) is 5.69 Å². The van der Waals surface area contributed by atoms with Crippen molar-refractivity contribution in [3.05, 3.63) is 28.3 Å². The number of nitrogen functional groups attached to an aromatic ring is 1. The lowest BCUT2D eigenvalue weighted by molar-refractivity contribution is -0.384. The Morgan fingerprint density at radius 2 is 2.21 bits per heavy atom. The number of hydrogen-bond donors (Lipinski definition) is 1. The van der Waals surface area contributed by atoms with Crippen LogP contribution in [-0.2, 0) is 0 Å². The van der Waals surface area contributed by atoms with Gasteiger partial charge in [-0.2, -0.15) is 0 Å². The van der Waals surface area contributed by atoms with Gasteiger partial charge in [-0.25, -0.2) is 0 Å². The number of nitrogens with zero attached hydrogens (tertiary/aromatic N) is 1. The fraction of sp³-hybridized carbons (Fsp3) is 0.333. The Morgan fingerprint density at radius 1 is 1.50 bits per heavy atom. The molecular weight excluding hydrogens is 184 g/mol. The minimum atomic E-state index is -0.505. The summed E-state index contributed by atoms with van der Waals surface area (Å²) in [7, 11) is 0. The van der Waals surface area contributed by atoms with Gasteiger partial charge in [-0.3, -0.25) is 10.1 Å². The van der Waals surface area contributed by atoms with Crippen LogP contribution >= 0.6 is 0 Å². The molecule has 5 nitrogen and oxygen atoms in total. The molecule has 1 aromatic carbocycles. The van der Waals surface area contributed by atoms with E-state index >= 15 is 0 Å². The van der Waals surface area contributed by atoms with Gasteiger partial charge in [-0.15, -0.1) is 0 Å². The predicted octanol–water partition coefficient (Wildman–Crippen LogP) is 1.72. The summed E-state index contributed by atoms with van der Waals surface area (Å²) < 4.78 is 5.42. The standard InChI is InChI=1S/C9H10N2O3/c10-9-7(11(12)13)2-1-3-8(9)14-6-4-5-6/h1-3,6H,4-5,10H2. The van der Waals surface area contributed by atoms with Crippen LogP contribution in [-0.4, -0.2) is 11.0 Å². The highest BCUT2D eigenvalue weighted by Crippen LogP contribution is 2.35. The summed E-state index contributed by atoms with van der Waals surface area (Å²) in [4.78, 5) is 10.0. The number of anilines is 1. The molecule has 0 unspecified atom stereocenters. The van der Waals surface area contributed by atoms with Crippen molar-refractivity contribution in [3.8, 4) is 5.75 Å². The van der Waals surface area contributed by atoms with Crippen LogP contribution in [0.25, 0.3) is 0 Å². The molecule has 74 valence electrons. The van der Waals surface area contributed by atoms with Crippen LogP contribution in [0.3, 0.4) is 0 Å². The molecule has 1 aliphatic rings. The highest BCUT2D eigenvalue weighted by molar-refractivity contribution is 5.66. The van der Waals surface area contributed by atoms with E-state index in [1.807, 2.05) is 0 Å². The first-order valence-electron chi connectivity index (χ1n) is 4.38. The number of nitro groups is 1. The van der Waals surface area contributed by atoms with Crippen molar-refractivity contribution in [1.29, 1.82) is 0 Å². The minimum absolute atomic E-state index is 0.0943. The number of nitrogens with two attached hydrogens (primary N) is 1. The number of nitro benzene ring substituents is 1. The Bertz CT molecular complexity index is 374. The van der Waals surface area contributed by atoms with Crippen LogP contribution in [0.5, 0.6) is 5.75 Å². The molecule has 0 bridgehead atoms. The highest BCUT2D eigenvalue weighted by Gasteiger charge is 2.26. The summed E-state index contributed by atoms with van der Waals surface area (Å²) in [6.07, 6.45) is 2.20. The number of rotatable bonds is 3. The largest absolute Gasteiger partial charge is 0.488 e. The van der Waals surface area contributed by atoms with Crippen molar-refractivity contribution >= 4 is 11.4 Å². The van der Waals surface area contributed by atoms with Crippen molar-refractivity contribution in [2.24, 2.45) is 0 Å². The van der Waals surface area contributed by atoms with Gasteiger partial charge in [0, 0.05) is 6.07 Å². The number of para-hydroxylation sites is 1. The molecule has 1 saturated carbocycles. The Hall–Kier alpha value is -1.78. The zero-order chi connectivity index (χ0) is 10.1. The van der Waals surface area contributed by atoms with Gasteiger partial charge in [0.2, 0.25) is 0 Å². The lowest BCUT2D eigenvalue weighted by atomic mass is 10.2. The molecular formula is C9H10N2O3. The second kappa shape index (κ2) is 3.17.